The summed E-state index contributed by atoms with van der Waals surface area (Å²) >= 11 is 0. The maximum atomic E-state index is 11.1. The van der Waals surface area contributed by atoms with Gasteiger partial charge >= 0.3 is 5.97 Å². The highest BCUT2D eigenvalue weighted by Crippen LogP contribution is 2.09. The number of carboxylic acids is 1. The van der Waals surface area contributed by atoms with Crippen LogP contribution >= 0.6 is 0 Å². The predicted octanol–water partition coefficient (Wildman–Crippen LogP) is 1.55. The van der Waals surface area contributed by atoms with Gasteiger partial charge in [-0.25, -0.2) is 9.78 Å². The van der Waals surface area contributed by atoms with Crippen LogP contribution in [0.2, 0.25) is 0 Å². The first-order valence-electron chi connectivity index (χ1n) is 6.58. The number of pyridine rings is 1. The normalized spacial score (nSPS) is 11.2. The standard InChI is InChI=1S/C14H23N3O2/c1-4-8-17(10-9-16(2)3)11-12-6-5-7-15-13(12)14(18)19/h5-7H,4,8-11H2,1-3H3,(H,18,19). The maximum Gasteiger partial charge on any atom is 0.354 e. The number of aromatic nitrogens is 1. The van der Waals surface area contributed by atoms with Crippen molar-refractivity contribution in [1.82, 2.24) is 14.8 Å². The molecule has 0 bridgehead atoms. The van der Waals surface area contributed by atoms with Crippen molar-refractivity contribution in [2.24, 2.45) is 0 Å². The van der Waals surface area contributed by atoms with Gasteiger partial charge in [-0.2, -0.15) is 0 Å². The molecule has 0 aliphatic rings. The van der Waals surface area contributed by atoms with Gasteiger partial charge in [0, 0.05) is 25.8 Å². The van der Waals surface area contributed by atoms with Crippen LogP contribution in [0.3, 0.4) is 0 Å². The molecule has 1 rings (SSSR count). The van der Waals surface area contributed by atoms with Gasteiger partial charge in [-0.3, -0.25) is 4.90 Å². The average molecular weight is 265 g/mol. The van der Waals surface area contributed by atoms with E-state index in [0.29, 0.717) is 6.54 Å². The molecule has 19 heavy (non-hydrogen) atoms. The number of rotatable bonds is 8. The van der Waals surface area contributed by atoms with E-state index >= 15 is 0 Å². The Labute approximate surface area is 114 Å². The van der Waals surface area contributed by atoms with Gasteiger partial charge in [-0.05, 0) is 38.7 Å². The Bertz CT molecular complexity index is 407. The summed E-state index contributed by atoms with van der Waals surface area (Å²) in [5.41, 5.74) is 0.940. The molecule has 5 nitrogen and oxygen atoms in total. The number of likely N-dealkylation sites (N-methyl/N-ethyl adjacent to an activating group) is 1. The van der Waals surface area contributed by atoms with Crippen LogP contribution in [0.5, 0.6) is 0 Å². The van der Waals surface area contributed by atoms with E-state index in [9.17, 15) is 4.79 Å². The molecule has 0 saturated carbocycles. The molecule has 0 atom stereocenters. The van der Waals surface area contributed by atoms with Gasteiger partial charge in [0.2, 0.25) is 0 Å². The molecule has 1 N–H and O–H groups in total. The van der Waals surface area contributed by atoms with Crippen LogP contribution in [0.1, 0.15) is 29.4 Å². The van der Waals surface area contributed by atoms with E-state index in [1.54, 1.807) is 6.07 Å². The molecule has 1 aromatic heterocycles. The van der Waals surface area contributed by atoms with E-state index in [-0.39, 0.29) is 5.69 Å². The summed E-state index contributed by atoms with van der Waals surface area (Å²) in [6.07, 6.45) is 2.58. The number of carbonyl (C=O) groups is 1. The lowest BCUT2D eigenvalue weighted by Gasteiger charge is -2.24. The first kappa shape index (κ1) is 15.6. The van der Waals surface area contributed by atoms with E-state index in [4.69, 9.17) is 5.11 Å². The lowest BCUT2D eigenvalue weighted by Crippen LogP contribution is -2.32. The van der Waals surface area contributed by atoms with E-state index in [1.165, 1.54) is 6.20 Å². The fraction of sp³-hybridized carbons (Fsp3) is 0.571. The summed E-state index contributed by atoms with van der Waals surface area (Å²) in [7, 11) is 4.08. The molecule has 5 heteroatoms. The second kappa shape index (κ2) is 7.86. The molecule has 0 aliphatic heterocycles. The third-order valence-electron chi connectivity index (χ3n) is 2.89. The van der Waals surface area contributed by atoms with Crippen LogP contribution in [-0.2, 0) is 6.54 Å². The maximum absolute atomic E-state index is 11.1. The highest BCUT2D eigenvalue weighted by Gasteiger charge is 2.14. The second-order valence-corrected chi connectivity index (χ2v) is 4.90. The zero-order chi connectivity index (χ0) is 14.3. The van der Waals surface area contributed by atoms with Crippen molar-refractivity contribution >= 4 is 5.97 Å². The van der Waals surface area contributed by atoms with Crippen LogP contribution in [0.15, 0.2) is 18.3 Å². The summed E-state index contributed by atoms with van der Waals surface area (Å²) in [5, 5.41) is 9.14. The molecular weight excluding hydrogens is 242 g/mol. The largest absolute Gasteiger partial charge is 0.477 e. The molecular formula is C14H23N3O2. The zero-order valence-electron chi connectivity index (χ0n) is 12.0. The summed E-state index contributed by atoms with van der Waals surface area (Å²) in [6.45, 7) is 5.61. The molecule has 0 aromatic carbocycles. The predicted molar refractivity (Wildman–Crippen MR) is 75.3 cm³/mol. The van der Waals surface area contributed by atoms with Crippen molar-refractivity contribution in [2.45, 2.75) is 19.9 Å². The number of hydrogen-bond donors (Lipinski definition) is 1. The lowest BCUT2D eigenvalue weighted by molar-refractivity contribution is 0.0687. The molecule has 0 spiro atoms. The summed E-state index contributed by atoms with van der Waals surface area (Å²) in [5.74, 6) is -0.959. The van der Waals surface area contributed by atoms with Crippen LogP contribution in [-0.4, -0.2) is 59.6 Å². The van der Waals surface area contributed by atoms with Gasteiger partial charge in [0.05, 0.1) is 0 Å². The number of hydrogen-bond acceptors (Lipinski definition) is 4. The molecule has 0 aliphatic carbocycles. The van der Waals surface area contributed by atoms with Gasteiger partial charge in [0.25, 0.3) is 0 Å². The minimum absolute atomic E-state index is 0.161. The molecule has 0 unspecified atom stereocenters. The Kier molecular flexibility index (Phi) is 6.45. The van der Waals surface area contributed by atoms with Crippen molar-refractivity contribution in [1.29, 1.82) is 0 Å². The van der Waals surface area contributed by atoms with Crippen LogP contribution < -0.4 is 0 Å². The van der Waals surface area contributed by atoms with Crippen molar-refractivity contribution in [3.8, 4) is 0 Å². The highest BCUT2D eigenvalue weighted by atomic mass is 16.4. The molecule has 0 saturated heterocycles. The van der Waals surface area contributed by atoms with E-state index in [2.05, 4.69) is 21.7 Å². The molecule has 1 aromatic rings. The quantitative estimate of drug-likeness (QED) is 0.773. The fourth-order valence-electron chi connectivity index (χ4n) is 1.93. The topological polar surface area (TPSA) is 56.7 Å². The first-order valence-corrected chi connectivity index (χ1v) is 6.58. The van der Waals surface area contributed by atoms with E-state index < -0.39 is 5.97 Å². The van der Waals surface area contributed by atoms with Crippen molar-refractivity contribution in [3.63, 3.8) is 0 Å². The third-order valence-corrected chi connectivity index (χ3v) is 2.89. The number of aromatic carboxylic acids is 1. The third kappa shape index (κ3) is 5.36. The monoisotopic (exact) mass is 265 g/mol. The second-order valence-electron chi connectivity index (χ2n) is 4.90. The zero-order valence-corrected chi connectivity index (χ0v) is 12.0. The fourth-order valence-corrected chi connectivity index (χ4v) is 1.93. The summed E-state index contributed by atoms with van der Waals surface area (Å²) < 4.78 is 0. The van der Waals surface area contributed by atoms with Crippen molar-refractivity contribution in [3.05, 3.63) is 29.6 Å². The molecule has 0 fully saturated rings. The first-order chi connectivity index (χ1) is 9.04. The molecule has 0 radical (unpaired) electrons. The highest BCUT2D eigenvalue weighted by molar-refractivity contribution is 5.86. The van der Waals surface area contributed by atoms with Crippen molar-refractivity contribution in [2.75, 3.05) is 33.7 Å². The smallest absolute Gasteiger partial charge is 0.354 e. The van der Waals surface area contributed by atoms with Crippen LogP contribution in [0.4, 0.5) is 0 Å². The Morgan fingerprint density at radius 2 is 2.05 bits per heavy atom. The minimum Gasteiger partial charge on any atom is -0.477 e. The van der Waals surface area contributed by atoms with Crippen LogP contribution in [0.25, 0.3) is 0 Å². The average Bonchev–Trinajstić information content (AvgIpc) is 2.36. The number of carboxylic acid groups (broad SMARTS) is 1. The van der Waals surface area contributed by atoms with E-state index in [1.807, 2.05) is 20.2 Å². The van der Waals surface area contributed by atoms with Crippen LogP contribution in [0, 0.1) is 0 Å². The van der Waals surface area contributed by atoms with Gasteiger partial charge in [-0.15, -0.1) is 0 Å². The number of nitrogens with zero attached hydrogens (tertiary/aromatic N) is 3. The van der Waals surface area contributed by atoms with Crippen molar-refractivity contribution < 1.29 is 9.90 Å². The summed E-state index contributed by atoms with van der Waals surface area (Å²) in [4.78, 5) is 19.5. The van der Waals surface area contributed by atoms with Gasteiger partial charge in [0.15, 0.2) is 5.69 Å². The lowest BCUT2D eigenvalue weighted by atomic mass is 10.1. The van der Waals surface area contributed by atoms with E-state index in [0.717, 1.165) is 31.6 Å². The Morgan fingerprint density at radius 3 is 2.63 bits per heavy atom. The molecule has 106 valence electrons. The van der Waals surface area contributed by atoms with Gasteiger partial charge < -0.3 is 10.0 Å². The SMILES string of the molecule is CCCN(CCN(C)C)Cc1cccnc1C(=O)O. The molecule has 1 heterocycles. The minimum atomic E-state index is -0.959. The summed E-state index contributed by atoms with van der Waals surface area (Å²) in [6, 6.07) is 3.63. The Hall–Kier alpha value is -1.46. The van der Waals surface area contributed by atoms with Gasteiger partial charge in [-0.1, -0.05) is 13.0 Å². The Balaban J connectivity index is 2.75. The Morgan fingerprint density at radius 1 is 1.32 bits per heavy atom. The van der Waals surface area contributed by atoms with Gasteiger partial charge in [0.1, 0.15) is 0 Å². The molecule has 0 amide bonds.